The molecule has 3 nitrogen and oxygen atoms in total. The molecular formula is C20H21F3N2O. The number of nitrogens with zero attached hydrogens (tertiary/aromatic N) is 1. The lowest BCUT2D eigenvalue weighted by Crippen LogP contribution is -2.49. The Labute approximate surface area is 150 Å². The van der Waals surface area contributed by atoms with Gasteiger partial charge in [0.15, 0.2) is 0 Å². The van der Waals surface area contributed by atoms with Crippen LogP contribution in [0.1, 0.15) is 39.9 Å². The van der Waals surface area contributed by atoms with Crippen molar-refractivity contribution in [2.24, 2.45) is 0 Å². The highest BCUT2D eigenvalue weighted by Crippen LogP contribution is 2.41. The standard InChI is InChI=1S/C20H21F3N2O/c1-13-16(11-24-2)15-9-6-10-17(20(21,22)23)18(15)19(26)25(13)12-14-7-4-3-5-8-14/h3-10,13,16,24H,11-12H2,1-2H3. The van der Waals surface area contributed by atoms with Crippen LogP contribution in [-0.4, -0.2) is 30.4 Å². The number of benzene rings is 2. The molecule has 0 aliphatic carbocycles. The summed E-state index contributed by atoms with van der Waals surface area (Å²) < 4.78 is 40.6. The smallest absolute Gasteiger partial charge is 0.331 e. The second-order valence-electron chi connectivity index (χ2n) is 6.59. The summed E-state index contributed by atoms with van der Waals surface area (Å²) >= 11 is 0. The predicted octanol–water partition coefficient (Wildman–Crippen LogP) is 4.05. The lowest BCUT2D eigenvalue weighted by molar-refractivity contribution is -0.138. The van der Waals surface area contributed by atoms with Gasteiger partial charge in [-0.05, 0) is 31.2 Å². The topological polar surface area (TPSA) is 32.3 Å². The van der Waals surface area contributed by atoms with Gasteiger partial charge in [-0.1, -0.05) is 42.5 Å². The number of halogens is 3. The molecule has 26 heavy (non-hydrogen) atoms. The molecule has 1 heterocycles. The second-order valence-corrected chi connectivity index (χ2v) is 6.59. The Balaban J connectivity index is 2.10. The molecule has 1 aliphatic heterocycles. The van der Waals surface area contributed by atoms with Crippen molar-refractivity contribution in [1.29, 1.82) is 0 Å². The Morgan fingerprint density at radius 3 is 2.38 bits per heavy atom. The Hall–Kier alpha value is -2.34. The first-order chi connectivity index (χ1) is 12.3. The molecule has 2 aromatic rings. The number of amides is 1. The van der Waals surface area contributed by atoms with Crippen LogP contribution in [0.3, 0.4) is 0 Å². The van der Waals surface area contributed by atoms with Crippen molar-refractivity contribution in [1.82, 2.24) is 10.2 Å². The molecule has 138 valence electrons. The van der Waals surface area contributed by atoms with Crippen molar-refractivity contribution in [3.05, 3.63) is 70.8 Å². The van der Waals surface area contributed by atoms with E-state index in [1.165, 1.54) is 6.07 Å². The highest BCUT2D eigenvalue weighted by Gasteiger charge is 2.43. The van der Waals surface area contributed by atoms with E-state index in [-0.39, 0.29) is 24.1 Å². The second kappa shape index (κ2) is 7.11. The van der Waals surface area contributed by atoms with Gasteiger partial charge in [0, 0.05) is 25.0 Å². The molecule has 0 saturated carbocycles. The summed E-state index contributed by atoms with van der Waals surface area (Å²) in [6.07, 6.45) is -4.57. The number of carbonyl (C=O) groups excluding carboxylic acids is 1. The zero-order valence-corrected chi connectivity index (χ0v) is 14.7. The van der Waals surface area contributed by atoms with Crippen molar-refractivity contribution >= 4 is 5.91 Å². The van der Waals surface area contributed by atoms with Gasteiger partial charge in [0.05, 0.1) is 11.1 Å². The van der Waals surface area contributed by atoms with Crippen molar-refractivity contribution in [3.8, 4) is 0 Å². The third-order valence-corrected chi connectivity index (χ3v) is 4.97. The SMILES string of the molecule is CNCC1c2cccc(C(F)(F)F)c2C(=O)N(Cc2ccccc2)C1C. The first kappa shape index (κ1) is 18.5. The van der Waals surface area contributed by atoms with E-state index in [0.29, 0.717) is 12.1 Å². The Morgan fingerprint density at radius 1 is 1.08 bits per heavy atom. The summed E-state index contributed by atoms with van der Waals surface area (Å²) in [5, 5.41) is 3.05. The van der Waals surface area contributed by atoms with Crippen LogP contribution in [0.2, 0.25) is 0 Å². The summed E-state index contributed by atoms with van der Waals surface area (Å²) in [5.41, 5.74) is 0.292. The number of nitrogens with one attached hydrogen (secondary N) is 1. The number of fused-ring (bicyclic) bond motifs is 1. The van der Waals surface area contributed by atoms with E-state index in [4.69, 9.17) is 0 Å². The van der Waals surface area contributed by atoms with E-state index in [2.05, 4.69) is 5.32 Å². The Bertz CT molecular complexity index is 789. The normalized spacial score (nSPS) is 20.2. The van der Waals surface area contributed by atoms with Crippen LogP contribution in [0.15, 0.2) is 48.5 Å². The molecule has 3 rings (SSSR count). The van der Waals surface area contributed by atoms with Gasteiger partial charge in [0.1, 0.15) is 0 Å². The highest BCUT2D eigenvalue weighted by atomic mass is 19.4. The van der Waals surface area contributed by atoms with Crippen molar-refractivity contribution < 1.29 is 18.0 Å². The van der Waals surface area contributed by atoms with Crippen LogP contribution < -0.4 is 5.32 Å². The van der Waals surface area contributed by atoms with Gasteiger partial charge in [-0.2, -0.15) is 13.2 Å². The van der Waals surface area contributed by atoms with Crippen LogP contribution in [0, 0.1) is 0 Å². The number of alkyl halides is 3. The van der Waals surface area contributed by atoms with Crippen molar-refractivity contribution in [2.75, 3.05) is 13.6 Å². The van der Waals surface area contributed by atoms with Crippen LogP contribution >= 0.6 is 0 Å². The minimum atomic E-state index is -4.57. The first-order valence-electron chi connectivity index (χ1n) is 8.54. The van der Waals surface area contributed by atoms with Crippen LogP contribution in [0.5, 0.6) is 0 Å². The third kappa shape index (κ3) is 3.33. The molecule has 0 fully saturated rings. The molecule has 2 unspecified atom stereocenters. The van der Waals surface area contributed by atoms with E-state index in [9.17, 15) is 18.0 Å². The van der Waals surface area contributed by atoms with E-state index in [1.807, 2.05) is 37.3 Å². The number of hydrogen-bond acceptors (Lipinski definition) is 2. The fourth-order valence-corrected chi connectivity index (χ4v) is 3.66. The molecule has 6 heteroatoms. The fraction of sp³-hybridized carbons (Fsp3) is 0.350. The maximum Gasteiger partial charge on any atom is 0.417 e. The van der Waals surface area contributed by atoms with Gasteiger partial charge in [0.25, 0.3) is 5.91 Å². The van der Waals surface area contributed by atoms with Crippen LogP contribution in [0.25, 0.3) is 0 Å². The lowest BCUT2D eigenvalue weighted by Gasteiger charge is -2.41. The molecule has 0 spiro atoms. The summed E-state index contributed by atoms with van der Waals surface area (Å²) in [7, 11) is 1.76. The van der Waals surface area contributed by atoms with Crippen molar-refractivity contribution in [3.63, 3.8) is 0 Å². The summed E-state index contributed by atoms with van der Waals surface area (Å²) in [5.74, 6) is -0.768. The lowest BCUT2D eigenvalue weighted by atomic mass is 9.81. The van der Waals surface area contributed by atoms with Crippen LogP contribution in [-0.2, 0) is 12.7 Å². The van der Waals surface area contributed by atoms with Crippen LogP contribution in [0.4, 0.5) is 13.2 Å². The van der Waals surface area contributed by atoms with Gasteiger partial charge in [0.2, 0.25) is 0 Å². The number of rotatable bonds is 4. The van der Waals surface area contributed by atoms with Gasteiger partial charge in [-0.25, -0.2) is 0 Å². The molecule has 0 saturated heterocycles. The predicted molar refractivity (Wildman–Crippen MR) is 93.9 cm³/mol. The van der Waals surface area contributed by atoms with E-state index < -0.39 is 17.6 Å². The molecule has 2 aromatic carbocycles. The summed E-state index contributed by atoms with van der Waals surface area (Å²) in [4.78, 5) is 14.6. The van der Waals surface area contributed by atoms with Gasteiger partial charge < -0.3 is 10.2 Å². The Kier molecular flexibility index (Phi) is 5.05. The first-order valence-corrected chi connectivity index (χ1v) is 8.54. The third-order valence-electron chi connectivity index (χ3n) is 4.97. The summed E-state index contributed by atoms with van der Waals surface area (Å²) in [6, 6.07) is 13.1. The van der Waals surface area contributed by atoms with Gasteiger partial charge in [-0.15, -0.1) is 0 Å². The van der Waals surface area contributed by atoms with E-state index >= 15 is 0 Å². The van der Waals surface area contributed by atoms with Gasteiger partial charge >= 0.3 is 6.18 Å². The molecule has 1 aliphatic rings. The molecular weight excluding hydrogens is 341 g/mol. The highest BCUT2D eigenvalue weighted by molar-refractivity contribution is 5.99. The monoisotopic (exact) mass is 362 g/mol. The largest absolute Gasteiger partial charge is 0.417 e. The zero-order chi connectivity index (χ0) is 18.9. The van der Waals surface area contributed by atoms with Gasteiger partial charge in [-0.3, -0.25) is 4.79 Å². The molecule has 1 amide bonds. The average molecular weight is 362 g/mol. The zero-order valence-electron chi connectivity index (χ0n) is 14.7. The van der Waals surface area contributed by atoms with E-state index in [0.717, 1.165) is 11.6 Å². The number of hydrogen-bond donors (Lipinski definition) is 1. The molecule has 0 radical (unpaired) electrons. The maximum atomic E-state index is 13.5. The Morgan fingerprint density at radius 2 is 1.77 bits per heavy atom. The quantitative estimate of drug-likeness (QED) is 0.890. The fourth-order valence-electron chi connectivity index (χ4n) is 3.66. The average Bonchev–Trinajstić information content (AvgIpc) is 2.62. The molecule has 1 N–H and O–H groups in total. The molecule has 0 bridgehead atoms. The minimum Gasteiger partial charge on any atom is -0.331 e. The number of likely N-dealkylation sites (N-methyl/N-ethyl adjacent to an activating group) is 1. The maximum absolute atomic E-state index is 13.5. The summed E-state index contributed by atoms with van der Waals surface area (Å²) in [6.45, 7) is 2.67. The van der Waals surface area contributed by atoms with E-state index in [1.54, 1.807) is 18.0 Å². The molecule has 0 aromatic heterocycles. The molecule has 2 atom stereocenters. The minimum absolute atomic E-state index is 0.210. The van der Waals surface area contributed by atoms with Crippen molar-refractivity contribution in [2.45, 2.75) is 31.6 Å². The number of carbonyl (C=O) groups is 1.